The van der Waals surface area contributed by atoms with Crippen LogP contribution in [0.2, 0.25) is 0 Å². The summed E-state index contributed by atoms with van der Waals surface area (Å²) in [5.41, 5.74) is 3.18. The predicted octanol–water partition coefficient (Wildman–Crippen LogP) is 2.95. The molecule has 22 heavy (non-hydrogen) atoms. The van der Waals surface area contributed by atoms with E-state index in [1.807, 2.05) is 56.3 Å². The standard InChI is InChI=1S/C18H22N2O2/c1-3-15(11-12-21)20-18(22)16-9-10-17(19-13(16)2)14-7-5-4-6-8-14/h4-10,15,21H,3,11-12H2,1-2H3,(H,20,22). The van der Waals surface area contributed by atoms with Crippen LogP contribution < -0.4 is 5.32 Å². The lowest BCUT2D eigenvalue weighted by Crippen LogP contribution is -2.35. The van der Waals surface area contributed by atoms with Gasteiger partial charge < -0.3 is 10.4 Å². The van der Waals surface area contributed by atoms with Crippen molar-refractivity contribution in [2.45, 2.75) is 32.7 Å². The fourth-order valence-electron chi connectivity index (χ4n) is 2.37. The lowest BCUT2D eigenvalue weighted by atomic mass is 10.1. The highest BCUT2D eigenvalue weighted by molar-refractivity contribution is 5.95. The highest BCUT2D eigenvalue weighted by Gasteiger charge is 2.15. The number of nitrogens with zero attached hydrogens (tertiary/aromatic N) is 1. The van der Waals surface area contributed by atoms with Crippen LogP contribution in [0.25, 0.3) is 11.3 Å². The molecule has 0 aliphatic heterocycles. The molecule has 2 rings (SSSR count). The number of benzene rings is 1. The van der Waals surface area contributed by atoms with Crippen molar-refractivity contribution in [3.8, 4) is 11.3 Å². The van der Waals surface area contributed by atoms with Gasteiger partial charge in [0, 0.05) is 18.2 Å². The van der Waals surface area contributed by atoms with Gasteiger partial charge in [-0.05, 0) is 31.9 Å². The molecule has 1 amide bonds. The minimum atomic E-state index is -0.134. The molecule has 2 N–H and O–H groups in total. The third-order valence-electron chi connectivity index (χ3n) is 3.71. The van der Waals surface area contributed by atoms with Gasteiger partial charge in [-0.3, -0.25) is 9.78 Å². The van der Waals surface area contributed by atoms with E-state index >= 15 is 0 Å². The van der Waals surface area contributed by atoms with E-state index in [-0.39, 0.29) is 18.6 Å². The number of carbonyl (C=O) groups is 1. The zero-order valence-electron chi connectivity index (χ0n) is 13.0. The van der Waals surface area contributed by atoms with Crippen LogP contribution in [0, 0.1) is 6.92 Å². The Morgan fingerprint density at radius 2 is 1.95 bits per heavy atom. The van der Waals surface area contributed by atoms with E-state index in [0.29, 0.717) is 17.7 Å². The maximum atomic E-state index is 12.3. The number of aryl methyl sites for hydroxylation is 1. The van der Waals surface area contributed by atoms with Crippen molar-refractivity contribution in [1.82, 2.24) is 10.3 Å². The van der Waals surface area contributed by atoms with Crippen molar-refractivity contribution < 1.29 is 9.90 Å². The maximum Gasteiger partial charge on any atom is 0.253 e. The average Bonchev–Trinajstić information content (AvgIpc) is 2.55. The van der Waals surface area contributed by atoms with E-state index in [1.165, 1.54) is 0 Å². The molecule has 0 radical (unpaired) electrons. The normalized spacial score (nSPS) is 12.0. The van der Waals surface area contributed by atoms with E-state index in [1.54, 1.807) is 0 Å². The Kier molecular flexibility index (Phi) is 5.67. The molecular weight excluding hydrogens is 276 g/mol. The highest BCUT2D eigenvalue weighted by atomic mass is 16.3. The van der Waals surface area contributed by atoms with E-state index in [9.17, 15) is 4.79 Å². The summed E-state index contributed by atoms with van der Waals surface area (Å²) in [5, 5.41) is 11.9. The van der Waals surface area contributed by atoms with Gasteiger partial charge in [0.05, 0.1) is 17.0 Å². The van der Waals surface area contributed by atoms with Gasteiger partial charge in [0.25, 0.3) is 5.91 Å². The number of hydrogen-bond acceptors (Lipinski definition) is 3. The van der Waals surface area contributed by atoms with Crippen LogP contribution >= 0.6 is 0 Å². The van der Waals surface area contributed by atoms with Crippen LogP contribution in [0.5, 0.6) is 0 Å². The molecule has 0 saturated heterocycles. The molecule has 2 aromatic rings. The second-order valence-corrected chi connectivity index (χ2v) is 5.29. The molecular formula is C18H22N2O2. The van der Waals surface area contributed by atoms with E-state index in [0.717, 1.165) is 17.7 Å². The van der Waals surface area contributed by atoms with Gasteiger partial charge in [-0.1, -0.05) is 37.3 Å². The molecule has 4 heteroatoms. The monoisotopic (exact) mass is 298 g/mol. The number of hydrogen-bond donors (Lipinski definition) is 2. The molecule has 1 atom stereocenters. The fourth-order valence-corrected chi connectivity index (χ4v) is 2.37. The number of carbonyl (C=O) groups excluding carboxylic acids is 1. The number of rotatable bonds is 6. The SMILES string of the molecule is CCC(CCO)NC(=O)c1ccc(-c2ccccc2)nc1C. The summed E-state index contributed by atoms with van der Waals surface area (Å²) < 4.78 is 0. The van der Waals surface area contributed by atoms with Gasteiger partial charge in [-0.25, -0.2) is 0 Å². The van der Waals surface area contributed by atoms with Crippen molar-refractivity contribution in [3.63, 3.8) is 0 Å². The van der Waals surface area contributed by atoms with Crippen LogP contribution in [0.15, 0.2) is 42.5 Å². The van der Waals surface area contributed by atoms with Gasteiger partial charge in [-0.15, -0.1) is 0 Å². The van der Waals surface area contributed by atoms with Gasteiger partial charge in [0.2, 0.25) is 0 Å². The summed E-state index contributed by atoms with van der Waals surface area (Å²) in [6, 6.07) is 13.6. The Labute approximate surface area is 131 Å². The zero-order valence-corrected chi connectivity index (χ0v) is 13.0. The minimum Gasteiger partial charge on any atom is -0.396 e. The third kappa shape index (κ3) is 3.92. The van der Waals surface area contributed by atoms with Crippen LogP contribution in [0.3, 0.4) is 0 Å². The molecule has 0 saturated carbocycles. The third-order valence-corrected chi connectivity index (χ3v) is 3.71. The molecule has 0 fully saturated rings. The molecule has 1 aromatic heterocycles. The summed E-state index contributed by atoms with van der Waals surface area (Å²) in [4.78, 5) is 16.9. The number of amides is 1. The van der Waals surface area contributed by atoms with Gasteiger partial charge in [0.1, 0.15) is 0 Å². The topological polar surface area (TPSA) is 62.2 Å². The molecule has 0 aliphatic rings. The van der Waals surface area contributed by atoms with E-state index in [4.69, 9.17) is 5.11 Å². The maximum absolute atomic E-state index is 12.3. The number of nitrogens with one attached hydrogen (secondary N) is 1. The lowest BCUT2D eigenvalue weighted by molar-refractivity contribution is 0.0928. The molecule has 4 nitrogen and oxygen atoms in total. The first-order chi connectivity index (χ1) is 10.7. The molecule has 1 unspecified atom stereocenters. The molecule has 116 valence electrons. The highest BCUT2D eigenvalue weighted by Crippen LogP contribution is 2.18. The number of pyridine rings is 1. The lowest BCUT2D eigenvalue weighted by Gasteiger charge is -2.16. The van der Waals surface area contributed by atoms with Crippen LogP contribution in [0.4, 0.5) is 0 Å². The van der Waals surface area contributed by atoms with Crippen molar-refractivity contribution in [3.05, 3.63) is 53.7 Å². The molecule has 1 heterocycles. The van der Waals surface area contributed by atoms with Crippen LogP contribution in [-0.2, 0) is 0 Å². The largest absolute Gasteiger partial charge is 0.396 e. The minimum absolute atomic E-state index is 0.00861. The molecule has 0 spiro atoms. The summed E-state index contributed by atoms with van der Waals surface area (Å²) in [5.74, 6) is -0.134. The van der Waals surface area contributed by atoms with E-state index in [2.05, 4.69) is 10.3 Å². The van der Waals surface area contributed by atoms with Crippen molar-refractivity contribution in [2.75, 3.05) is 6.61 Å². The van der Waals surface area contributed by atoms with Gasteiger partial charge >= 0.3 is 0 Å². The molecule has 1 aromatic carbocycles. The average molecular weight is 298 g/mol. The zero-order chi connectivity index (χ0) is 15.9. The Balaban J connectivity index is 2.17. The Morgan fingerprint density at radius 3 is 2.55 bits per heavy atom. The number of aromatic nitrogens is 1. The second-order valence-electron chi connectivity index (χ2n) is 5.29. The summed E-state index contributed by atoms with van der Waals surface area (Å²) in [6.07, 6.45) is 1.36. The van der Waals surface area contributed by atoms with E-state index < -0.39 is 0 Å². The first-order valence-electron chi connectivity index (χ1n) is 7.60. The number of aliphatic hydroxyl groups excluding tert-OH is 1. The first-order valence-corrected chi connectivity index (χ1v) is 7.60. The fraction of sp³-hybridized carbons (Fsp3) is 0.333. The smallest absolute Gasteiger partial charge is 0.253 e. The van der Waals surface area contributed by atoms with Gasteiger partial charge in [0.15, 0.2) is 0 Å². The quantitative estimate of drug-likeness (QED) is 0.862. The van der Waals surface area contributed by atoms with Gasteiger partial charge in [-0.2, -0.15) is 0 Å². The summed E-state index contributed by atoms with van der Waals surface area (Å²) in [7, 11) is 0. The Morgan fingerprint density at radius 1 is 1.23 bits per heavy atom. The Bertz CT molecular complexity index is 626. The second kappa shape index (κ2) is 7.71. The summed E-state index contributed by atoms with van der Waals surface area (Å²) >= 11 is 0. The van der Waals surface area contributed by atoms with Crippen molar-refractivity contribution in [1.29, 1.82) is 0 Å². The van der Waals surface area contributed by atoms with Crippen LogP contribution in [-0.4, -0.2) is 28.6 Å². The predicted molar refractivity (Wildman–Crippen MR) is 87.7 cm³/mol. The molecule has 0 bridgehead atoms. The Hall–Kier alpha value is -2.20. The first kappa shape index (κ1) is 16.2. The summed E-state index contributed by atoms with van der Waals surface area (Å²) in [6.45, 7) is 3.90. The number of aliphatic hydroxyl groups is 1. The van der Waals surface area contributed by atoms with Crippen LogP contribution in [0.1, 0.15) is 35.8 Å². The van der Waals surface area contributed by atoms with Crippen molar-refractivity contribution in [2.24, 2.45) is 0 Å². The molecule has 0 aliphatic carbocycles. The van der Waals surface area contributed by atoms with Crippen molar-refractivity contribution >= 4 is 5.91 Å².